The average Bonchev–Trinajstić information content (AvgIpc) is 2.44. The number of thioether (sulfide) groups is 1. The first-order valence-corrected chi connectivity index (χ1v) is 8.10. The Hall–Kier alpha value is -0.970. The summed E-state index contributed by atoms with van der Waals surface area (Å²) in [5.74, 6) is 0.886. The third-order valence-corrected chi connectivity index (χ3v) is 4.94. The molecule has 2 rings (SSSR count). The molecule has 0 amide bonds. The minimum absolute atomic E-state index is 0.0234. The van der Waals surface area contributed by atoms with Crippen molar-refractivity contribution in [3.8, 4) is 5.75 Å². The molecule has 0 radical (unpaired) electrons. The second-order valence-electron chi connectivity index (χ2n) is 4.60. The van der Waals surface area contributed by atoms with Crippen molar-refractivity contribution in [1.29, 1.82) is 0 Å². The maximum Gasteiger partial charge on any atom is 0.123 e. The summed E-state index contributed by atoms with van der Waals surface area (Å²) in [4.78, 5) is 1.19. The van der Waals surface area contributed by atoms with E-state index in [2.05, 4.69) is 34.1 Å². The molecule has 20 heavy (non-hydrogen) atoms. The van der Waals surface area contributed by atoms with Gasteiger partial charge in [-0.1, -0.05) is 40.2 Å². The van der Waals surface area contributed by atoms with Gasteiger partial charge in [-0.25, -0.2) is 0 Å². The van der Waals surface area contributed by atoms with E-state index in [0.717, 1.165) is 15.8 Å². The van der Waals surface area contributed by atoms with Crippen LogP contribution in [0.3, 0.4) is 0 Å². The van der Waals surface area contributed by atoms with E-state index in [9.17, 15) is 0 Å². The molecule has 0 saturated heterocycles. The van der Waals surface area contributed by atoms with E-state index in [4.69, 9.17) is 10.5 Å². The fourth-order valence-corrected chi connectivity index (χ4v) is 3.77. The Balaban J connectivity index is 2.32. The zero-order valence-corrected chi connectivity index (χ0v) is 13.9. The van der Waals surface area contributed by atoms with E-state index in [-0.39, 0.29) is 11.3 Å². The Morgan fingerprint density at radius 1 is 1.15 bits per heavy atom. The topological polar surface area (TPSA) is 35.2 Å². The van der Waals surface area contributed by atoms with Gasteiger partial charge in [0.1, 0.15) is 5.75 Å². The molecule has 2 nitrogen and oxygen atoms in total. The molecule has 0 aromatic heterocycles. The molecule has 0 bridgehead atoms. The van der Waals surface area contributed by atoms with Crippen molar-refractivity contribution >= 4 is 27.7 Å². The van der Waals surface area contributed by atoms with Crippen LogP contribution in [0.5, 0.6) is 5.75 Å². The summed E-state index contributed by atoms with van der Waals surface area (Å²) in [5, 5.41) is 0.153. The van der Waals surface area contributed by atoms with E-state index in [1.165, 1.54) is 4.90 Å². The lowest BCUT2D eigenvalue weighted by Crippen LogP contribution is -2.23. The van der Waals surface area contributed by atoms with Crippen molar-refractivity contribution in [2.45, 2.75) is 23.1 Å². The van der Waals surface area contributed by atoms with Gasteiger partial charge >= 0.3 is 0 Å². The highest BCUT2D eigenvalue weighted by atomic mass is 79.9. The highest BCUT2D eigenvalue weighted by molar-refractivity contribution is 9.10. The predicted molar refractivity (Wildman–Crippen MR) is 89.4 cm³/mol. The summed E-state index contributed by atoms with van der Waals surface area (Å²) >= 11 is 5.26. The number of nitrogens with two attached hydrogens (primary N) is 1. The molecule has 2 unspecified atom stereocenters. The van der Waals surface area contributed by atoms with E-state index < -0.39 is 0 Å². The summed E-state index contributed by atoms with van der Waals surface area (Å²) in [7, 11) is 1.70. The van der Waals surface area contributed by atoms with E-state index in [0.29, 0.717) is 0 Å². The van der Waals surface area contributed by atoms with Gasteiger partial charge in [0.2, 0.25) is 0 Å². The molecule has 106 valence electrons. The number of benzene rings is 2. The minimum Gasteiger partial charge on any atom is -0.496 e. The lowest BCUT2D eigenvalue weighted by Gasteiger charge is -2.23. The van der Waals surface area contributed by atoms with Gasteiger partial charge in [-0.05, 0) is 31.2 Å². The number of rotatable bonds is 5. The largest absolute Gasteiger partial charge is 0.496 e. The summed E-state index contributed by atoms with van der Waals surface area (Å²) in [6, 6.07) is 16.3. The van der Waals surface area contributed by atoms with Crippen molar-refractivity contribution in [1.82, 2.24) is 0 Å². The minimum atomic E-state index is 0.0234. The third kappa shape index (κ3) is 3.78. The van der Waals surface area contributed by atoms with Crippen LogP contribution in [0.4, 0.5) is 0 Å². The zero-order valence-electron chi connectivity index (χ0n) is 11.5. The molecule has 4 heteroatoms. The van der Waals surface area contributed by atoms with Crippen LogP contribution in [0.2, 0.25) is 0 Å². The predicted octanol–water partition coefficient (Wildman–Crippen LogP) is 4.64. The molecule has 0 fully saturated rings. The fourth-order valence-electron chi connectivity index (χ4n) is 2.04. The highest BCUT2D eigenvalue weighted by Crippen LogP contribution is 2.41. The smallest absolute Gasteiger partial charge is 0.123 e. The van der Waals surface area contributed by atoms with Crippen molar-refractivity contribution in [3.63, 3.8) is 0 Å². The summed E-state index contributed by atoms with van der Waals surface area (Å²) in [5.41, 5.74) is 7.32. The molecule has 0 aliphatic rings. The van der Waals surface area contributed by atoms with E-state index in [1.54, 1.807) is 18.9 Å². The fraction of sp³-hybridized carbons (Fsp3) is 0.250. The second kappa shape index (κ2) is 7.16. The highest BCUT2D eigenvalue weighted by Gasteiger charge is 2.21. The lowest BCUT2D eigenvalue weighted by molar-refractivity contribution is 0.408. The van der Waals surface area contributed by atoms with Crippen LogP contribution in [0, 0.1) is 0 Å². The number of halogens is 1. The van der Waals surface area contributed by atoms with Crippen LogP contribution in [-0.2, 0) is 0 Å². The Bertz CT molecular complexity index is 574. The van der Waals surface area contributed by atoms with Crippen LogP contribution < -0.4 is 10.5 Å². The van der Waals surface area contributed by atoms with E-state index in [1.807, 2.05) is 37.3 Å². The Morgan fingerprint density at radius 3 is 2.55 bits per heavy atom. The molecular weight excluding hydrogens is 334 g/mol. The van der Waals surface area contributed by atoms with Gasteiger partial charge in [-0.3, -0.25) is 0 Å². The van der Waals surface area contributed by atoms with Gasteiger partial charge in [0, 0.05) is 21.0 Å². The first kappa shape index (κ1) is 15.4. The van der Waals surface area contributed by atoms with Crippen LogP contribution in [-0.4, -0.2) is 13.2 Å². The Kier molecular flexibility index (Phi) is 5.52. The molecule has 0 aliphatic heterocycles. The van der Waals surface area contributed by atoms with Crippen LogP contribution in [0.15, 0.2) is 57.9 Å². The van der Waals surface area contributed by atoms with Crippen LogP contribution in [0.1, 0.15) is 17.7 Å². The summed E-state index contributed by atoms with van der Waals surface area (Å²) in [6.07, 6.45) is 0. The van der Waals surface area contributed by atoms with Crippen molar-refractivity contribution in [2.24, 2.45) is 5.73 Å². The molecule has 2 aromatic carbocycles. The van der Waals surface area contributed by atoms with E-state index >= 15 is 0 Å². The molecule has 0 aliphatic carbocycles. The Labute approximate surface area is 132 Å². The van der Waals surface area contributed by atoms with Gasteiger partial charge in [0.25, 0.3) is 0 Å². The van der Waals surface area contributed by atoms with Crippen LogP contribution in [0.25, 0.3) is 0 Å². The number of hydrogen-bond acceptors (Lipinski definition) is 3. The monoisotopic (exact) mass is 351 g/mol. The van der Waals surface area contributed by atoms with Gasteiger partial charge in [0.05, 0.1) is 12.4 Å². The number of ether oxygens (including phenoxy) is 1. The van der Waals surface area contributed by atoms with Crippen LogP contribution >= 0.6 is 27.7 Å². The molecular formula is C16H18BrNOS. The zero-order chi connectivity index (χ0) is 14.5. The summed E-state index contributed by atoms with van der Waals surface area (Å²) in [6.45, 7) is 2.03. The molecule has 0 spiro atoms. The lowest BCUT2D eigenvalue weighted by atomic mass is 10.1. The standard InChI is InChI=1S/C16H18BrNOS/c1-11(18)16(14-8-3-4-9-15(14)19-2)20-13-7-5-6-12(17)10-13/h3-11,16H,18H2,1-2H3. The van der Waals surface area contributed by atoms with Crippen molar-refractivity contribution in [2.75, 3.05) is 7.11 Å². The maximum absolute atomic E-state index is 6.19. The number of hydrogen-bond donors (Lipinski definition) is 1. The maximum atomic E-state index is 6.19. The first-order chi connectivity index (χ1) is 9.61. The second-order valence-corrected chi connectivity index (χ2v) is 6.73. The Morgan fingerprint density at radius 2 is 1.90 bits per heavy atom. The third-order valence-electron chi connectivity index (χ3n) is 2.98. The SMILES string of the molecule is COc1ccccc1C(Sc1cccc(Br)c1)C(C)N. The van der Waals surface area contributed by atoms with Gasteiger partial charge in [-0.2, -0.15) is 0 Å². The first-order valence-electron chi connectivity index (χ1n) is 6.42. The molecule has 0 heterocycles. The van der Waals surface area contributed by atoms with Gasteiger partial charge < -0.3 is 10.5 Å². The average molecular weight is 352 g/mol. The van der Waals surface area contributed by atoms with Gasteiger partial charge in [-0.15, -0.1) is 11.8 Å². The molecule has 0 saturated carbocycles. The molecule has 2 aromatic rings. The van der Waals surface area contributed by atoms with Gasteiger partial charge in [0.15, 0.2) is 0 Å². The number of methoxy groups -OCH3 is 1. The molecule has 2 N–H and O–H groups in total. The normalized spacial score (nSPS) is 13.8. The van der Waals surface area contributed by atoms with Crippen molar-refractivity contribution in [3.05, 3.63) is 58.6 Å². The number of para-hydroxylation sites is 1. The van der Waals surface area contributed by atoms with Crippen molar-refractivity contribution < 1.29 is 4.74 Å². The molecule has 2 atom stereocenters. The summed E-state index contributed by atoms with van der Waals surface area (Å²) < 4.78 is 6.53. The quantitative estimate of drug-likeness (QED) is 0.797.